The van der Waals surface area contributed by atoms with Gasteiger partial charge in [-0.05, 0) is 19.5 Å². The lowest BCUT2D eigenvalue weighted by Crippen LogP contribution is -2.23. The van der Waals surface area contributed by atoms with E-state index in [1.807, 2.05) is 23.9 Å². The molecule has 0 radical (unpaired) electrons. The molecule has 21 heavy (non-hydrogen) atoms. The van der Waals surface area contributed by atoms with Crippen LogP contribution >= 0.6 is 0 Å². The van der Waals surface area contributed by atoms with Crippen molar-refractivity contribution in [2.24, 2.45) is 0 Å². The first-order valence-corrected chi connectivity index (χ1v) is 7.02. The fourth-order valence-electron chi connectivity index (χ4n) is 2.45. The Bertz CT molecular complexity index is 583. The number of nitrogens with zero attached hydrogens (tertiary/aromatic N) is 3. The lowest BCUT2D eigenvalue weighted by molar-refractivity contribution is 0.380. The smallest absolute Gasteiger partial charge is 0.218 e. The van der Waals surface area contributed by atoms with Crippen molar-refractivity contribution < 1.29 is 9.47 Å². The summed E-state index contributed by atoms with van der Waals surface area (Å²) < 4.78 is 12.8. The van der Waals surface area contributed by atoms with E-state index in [0.29, 0.717) is 5.88 Å². The molecule has 6 nitrogen and oxygen atoms in total. The molecule has 0 fully saturated rings. The van der Waals surface area contributed by atoms with E-state index in [1.54, 1.807) is 26.6 Å². The molecule has 0 amide bonds. The third kappa shape index (κ3) is 3.00. The van der Waals surface area contributed by atoms with Gasteiger partial charge in [-0.3, -0.25) is 4.68 Å². The van der Waals surface area contributed by atoms with Crippen LogP contribution in [0.1, 0.15) is 30.6 Å². The Morgan fingerprint density at radius 1 is 1.33 bits per heavy atom. The molecule has 0 aromatic carbocycles. The average molecular weight is 290 g/mol. The molecule has 0 spiro atoms. The predicted octanol–water partition coefficient (Wildman–Crippen LogP) is 2.01. The fraction of sp³-hybridized carbons (Fsp3) is 0.467. The summed E-state index contributed by atoms with van der Waals surface area (Å²) in [5.74, 6) is 1.36. The van der Waals surface area contributed by atoms with E-state index in [-0.39, 0.29) is 6.04 Å². The van der Waals surface area contributed by atoms with E-state index in [1.165, 1.54) is 0 Å². The van der Waals surface area contributed by atoms with E-state index in [2.05, 4.69) is 22.3 Å². The van der Waals surface area contributed by atoms with Gasteiger partial charge in [-0.2, -0.15) is 5.10 Å². The number of hydrogen-bond acceptors (Lipinski definition) is 5. The van der Waals surface area contributed by atoms with Crippen LogP contribution < -0.4 is 14.8 Å². The second-order valence-electron chi connectivity index (χ2n) is 4.64. The van der Waals surface area contributed by atoms with Gasteiger partial charge in [-0.1, -0.05) is 13.0 Å². The van der Waals surface area contributed by atoms with Crippen LogP contribution in [-0.4, -0.2) is 36.0 Å². The largest absolute Gasteiger partial charge is 0.493 e. The molecule has 1 N–H and O–H groups in total. The molecule has 114 valence electrons. The molecule has 2 aromatic rings. The maximum absolute atomic E-state index is 5.47. The summed E-state index contributed by atoms with van der Waals surface area (Å²) in [6.07, 6.45) is 4.46. The van der Waals surface area contributed by atoms with Crippen LogP contribution in [0.5, 0.6) is 11.6 Å². The molecule has 1 atom stereocenters. The van der Waals surface area contributed by atoms with Crippen LogP contribution in [0.2, 0.25) is 0 Å². The first kappa shape index (κ1) is 15.3. The maximum Gasteiger partial charge on any atom is 0.218 e. The molecular formula is C15H22N4O2. The third-order valence-electron chi connectivity index (χ3n) is 3.37. The van der Waals surface area contributed by atoms with Crippen LogP contribution in [0.3, 0.4) is 0 Å². The topological polar surface area (TPSA) is 61.2 Å². The van der Waals surface area contributed by atoms with Crippen molar-refractivity contribution in [3.05, 3.63) is 35.8 Å². The fourth-order valence-corrected chi connectivity index (χ4v) is 2.45. The monoisotopic (exact) mass is 290 g/mol. The van der Waals surface area contributed by atoms with Crippen LogP contribution in [0, 0.1) is 0 Å². The van der Waals surface area contributed by atoms with Crippen LogP contribution in [0.25, 0.3) is 0 Å². The lowest BCUT2D eigenvalue weighted by Gasteiger charge is -2.21. The van der Waals surface area contributed by atoms with Gasteiger partial charge in [0.05, 0.1) is 26.5 Å². The molecule has 0 aliphatic rings. The SMILES string of the molecule is CCCn1ncc(OC)c1C(NC)c1cccnc1OC. The highest BCUT2D eigenvalue weighted by Crippen LogP contribution is 2.33. The molecule has 6 heteroatoms. The van der Waals surface area contributed by atoms with E-state index in [0.717, 1.165) is 30.0 Å². The summed E-state index contributed by atoms with van der Waals surface area (Å²) in [6.45, 7) is 2.95. The first-order valence-electron chi connectivity index (χ1n) is 7.02. The third-order valence-corrected chi connectivity index (χ3v) is 3.37. The predicted molar refractivity (Wildman–Crippen MR) is 80.8 cm³/mol. The Morgan fingerprint density at radius 2 is 2.14 bits per heavy atom. The summed E-state index contributed by atoms with van der Waals surface area (Å²) in [5, 5.41) is 7.73. The number of ether oxygens (including phenoxy) is 2. The summed E-state index contributed by atoms with van der Waals surface area (Å²) in [6, 6.07) is 3.79. The molecule has 0 aliphatic heterocycles. The van der Waals surface area contributed by atoms with Gasteiger partial charge < -0.3 is 14.8 Å². The van der Waals surface area contributed by atoms with E-state index < -0.39 is 0 Å². The number of aromatic nitrogens is 3. The van der Waals surface area contributed by atoms with Crippen molar-refractivity contribution in [3.63, 3.8) is 0 Å². The molecular weight excluding hydrogens is 268 g/mol. The quantitative estimate of drug-likeness (QED) is 0.845. The number of rotatable bonds is 7. The second-order valence-corrected chi connectivity index (χ2v) is 4.64. The van der Waals surface area contributed by atoms with Crippen molar-refractivity contribution in [1.29, 1.82) is 0 Å². The van der Waals surface area contributed by atoms with Gasteiger partial charge in [0.2, 0.25) is 5.88 Å². The van der Waals surface area contributed by atoms with E-state index in [9.17, 15) is 0 Å². The number of aryl methyl sites for hydroxylation is 1. The minimum absolute atomic E-state index is 0.0994. The Balaban J connectivity index is 2.52. The van der Waals surface area contributed by atoms with Gasteiger partial charge >= 0.3 is 0 Å². The van der Waals surface area contributed by atoms with Gasteiger partial charge in [0, 0.05) is 18.3 Å². The van der Waals surface area contributed by atoms with Gasteiger partial charge in [0.1, 0.15) is 5.69 Å². The normalized spacial score (nSPS) is 12.2. The molecule has 0 saturated heterocycles. The standard InChI is InChI=1S/C15H22N4O2/c1-5-9-19-14(12(20-3)10-18-19)13(16-2)11-7-6-8-17-15(11)21-4/h6-8,10,13,16H,5,9H2,1-4H3. The highest BCUT2D eigenvalue weighted by atomic mass is 16.5. The highest BCUT2D eigenvalue weighted by molar-refractivity contribution is 5.40. The van der Waals surface area contributed by atoms with Crippen LogP contribution in [0.15, 0.2) is 24.5 Å². The van der Waals surface area contributed by atoms with Gasteiger partial charge in [-0.25, -0.2) is 4.98 Å². The van der Waals surface area contributed by atoms with Crippen molar-refractivity contribution in [2.75, 3.05) is 21.3 Å². The Morgan fingerprint density at radius 3 is 2.76 bits per heavy atom. The molecule has 0 aliphatic carbocycles. The van der Waals surface area contributed by atoms with Crippen molar-refractivity contribution >= 4 is 0 Å². The van der Waals surface area contributed by atoms with Gasteiger partial charge in [-0.15, -0.1) is 0 Å². The Kier molecular flexibility index (Phi) is 5.16. The molecule has 2 rings (SSSR count). The molecule has 1 unspecified atom stereocenters. The molecule has 2 heterocycles. The zero-order valence-electron chi connectivity index (χ0n) is 13.0. The zero-order valence-corrected chi connectivity index (χ0v) is 13.0. The minimum atomic E-state index is -0.0994. The summed E-state index contributed by atoms with van der Waals surface area (Å²) in [5.41, 5.74) is 1.94. The van der Waals surface area contributed by atoms with Crippen molar-refractivity contribution in [3.8, 4) is 11.6 Å². The molecule has 0 saturated carbocycles. The van der Waals surface area contributed by atoms with Crippen LogP contribution in [0.4, 0.5) is 0 Å². The minimum Gasteiger partial charge on any atom is -0.493 e. The van der Waals surface area contributed by atoms with Gasteiger partial charge in [0.25, 0.3) is 0 Å². The highest BCUT2D eigenvalue weighted by Gasteiger charge is 2.25. The zero-order chi connectivity index (χ0) is 15.2. The average Bonchev–Trinajstić information content (AvgIpc) is 2.92. The van der Waals surface area contributed by atoms with Gasteiger partial charge in [0.15, 0.2) is 5.75 Å². The Labute approximate surface area is 125 Å². The summed E-state index contributed by atoms with van der Waals surface area (Å²) in [4.78, 5) is 4.27. The number of hydrogen-bond donors (Lipinski definition) is 1. The lowest BCUT2D eigenvalue weighted by atomic mass is 10.0. The number of pyridine rings is 1. The van der Waals surface area contributed by atoms with Crippen molar-refractivity contribution in [2.45, 2.75) is 25.9 Å². The molecule has 0 bridgehead atoms. The summed E-state index contributed by atoms with van der Waals surface area (Å²) in [7, 11) is 5.18. The van der Waals surface area contributed by atoms with Crippen molar-refractivity contribution in [1.82, 2.24) is 20.1 Å². The Hall–Kier alpha value is -2.08. The first-order chi connectivity index (χ1) is 10.3. The van der Waals surface area contributed by atoms with E-state index in [4.69, 9.17) is 9.47 Å². The maximum atomic E-state index is 5.47. The number of methoxy groups -OCH3 is 2. The van der Waals surface area contributed by atoms with E-state index >= 15 is 0 Å². The summed E-state index contributed by atoms with van der Waals surface area (Å²) >= 11 is 0. The van der Waals surface area contributed by atoms with Crippen LogP contribution in [-0.2, 0) is 6.54 Å². The molecule has 2 aromatic heterocycles. The number of nitrogens with one attached hydrogen (secondary N) is 1. The second kappa shape index (κ2) is 7.08.